The van der Waals surface area contributed by atoms with Crippen LogP contribution in [0.1, 0.15) is 43.7 Å². The molecule has 0 bridgehead atoms. The molecule has 0 spiro atoms. The predicted molar refractivity (Wildman–Crippen MR) is 154 cm³/mol. The van der Waals surface area contributed by atoms with E-state index in [-0.39, 0.29) is 42.1 Å². The van der Waals surface area contributed by atoms with Crippen LogP contribution >= 0.6 is 11.3 Å². The molecule has 1 aromatic heterocycles. The SMILES string of the molecule is CCOC(=O)Cc1cc2c(s1)CCN(C(=O)C(Cc1ccc([N+](=O)[O-])cc1)N(C)C(=O)c1ccc(C(=N)N)cc1)C2. The average molecular weight is 578 g/mol. The molecule has 3 N–H and O–H groups in total. The number of ether oxygens (including phenoxy) is 1. The van der Waals surface area contributed by atoms with E-state index in [2.05, 4.69) is 0 Å². The van der Waals surface area contributed by atoms with Gasteiger partial charge in [0, 0.05) is 59.6 Å². The first-order valence-corrected chi connectivity index (χ1v) is 13.9. The summed E-state index contributed by atoms with van der Waals surface area (Å²) in [4.78, 5) is 55.1. The molecule has 4 rings (SSSR count). The maximum Gasteiger partial charge on any atom is 0.311 e. The molecule has 0 saturated carbocycles. The molecular formula is C29H31N5O6S. The molecule has 1 aliphatic rings. The van der Waals surface area contributed by atoms with Crippen molar-refractivity contribution in [3.05, 3.63) is 96.7 Å². The van der Waals surface area contributed by atoms with E-state index in [0.717, 1.165) is 15.3 Å². The van der Waals surface area contributed by atoms with Crippen molar-refractivity contribution in [3.63, 3.8) is 0 Å². The Hall–Kier alpha value is -4.58. The average Bonchev–Trinajstić information content (AvgIpc) is 3.36. The summed E-state index contributed by atoms with van der Waals surface area (Å²) in [6.45, 7) is 2.88. The fourth-order valence-corrected chi connectivity index (χ4v) is 5.89. The fourth-order valence-electron chi connectivity index (χ4n) is 4.74. The number of non-ortho nitro benzene ring substituents is 1. The highest BCUT2D eigenvalue weighted by Crippen LogP contribution is 2.30. The number of nitro benzene ring substituents is 1. The Morgan fingerprint density at radius 2 is 1.80 bits per heavy atom. The molecule has 2 aromatic carbocycles. The van der Waals surface area contributed by atoms with Gasteiger partial charge in [-0.25, -0.2) is 0 Å². The Morgan fingerprint density at radius 1 is 1.15 bits per heavy atom. The number of amides is 2. The molecule has 1 atom stereocenters. The van der Waals surface area contributed by atoms with Gasteiger partial charge in [-0.1, -0.05) is 24.3 Å². The monoisotopic (exact) mass is 577 g/mol. The third-order valence-electron chi connectivity index (χ3n) is 6.95. The number of nitrogens with one attached hydrogen (secondary N) is 1. The molecule has 41 heavy (non-hydrogen) atoms. The van der Waals surface area contributed by atoms with Crippen molar-refractivity contribution in [2.24, 2.45) is 5.73 Å². The van der Waals surface area contributed by atoms with Crippen LogP contribution in [0.4, 0.5) is 5.69 Å². The minimum atomic E-state index is -0.879. The van der Waals surface area contributed by atoms with Gasteiger partial charge in [0.05, 0.1) is 18.0 Å². The van der Waals surface area contributed by atoms with Crippen LogP contribution in [0.3, 0.4) is 0 Å². The zero-order valence-electron chi connectivity index (χ0n) is 22.8. The van der Waals surface area contributed by atoms with E-state index < -0.39 is 11.0 Å². The molecule has 214 valence electrons. The molecule has 11 nitrogen and oxygen atoms in total. The maximum atomic E-state index is 14.0. The zero-order chi connectivity index (χ0) is 29.7. The highest BCUT2D eigenvalue weighted by atomic mass is 32.1. The van der Waals surface area contributed by atoms with E-state index in [9.17, 15) is 24.5 Å². The lowest BCUT2D eigenvalue weighted by Gasteiger charge is -2.34. The summed E-state index contributed by atoms with van der Waals surface area (Å²) < 4.78 is 5.06. The number of likely N-dealkylation sites (N-methyl/N-ethyl adjacent to an activating group) is 1. The van der Waals surface area contributed by atoms with Gasteiger partial charge < -0.3 is 20.3 Å². The van der Waals surface area contributed by atoms with Crippen molar-refractivity contribution in [2.45, 2.75) is 38.8 Å². The van der Waals surface area contributed by atoms with Crippen molar-refractivity contribution in [2.75, 3.05) is 20.2 Å². The molecule has 3 aromatic rings. The molecule has 1 unspecified atom stereocenters. The van der Waals surface area contributed by atoms with Crippen molar-refractivity contribution >= 4 is 40.6 Å². The van der Waals surface area contributed by atoms with Crippen molar-refractivity contribution in [1.82, 2.24) is 9.80 Å². The van der Waals surface area contributed by atoms with Gasteiger partial charge in [-0.05, 0) is 42.7 Å². The topological polar surface area (TPSA) is 160 Å². The standard InChI is InChI=1S/C29H31N5O6S/c1-3-40-26(35)16-23-15-21-17-33(13-12-25(21)41-23)29(37)24(14-18-4-10-22(11-5-18)34(38)39)32(2)28(36)20-8-6-19(7-9-20)27(30)31/h4-11,15,24H,3,12-14,16-17H2,1-2H3,(H3,30,31). The van der Waals surface area contributed by atoms with E-state index >= 15 is 0 Å². The van der Waals surface area contributed by atoms with Crippen molar-refractivity contribution in [3.8, 4) is 0 Å². The number of benzene rings is 2. The van der Waals surface area contributed by atoms with Crippen LogP contribution in [-0.4, -0.2) is 64.6 Å². The van der Waals surface area contributed by atoms with Crippen LogP contribution in [0.25, 0.3) is 0 Å². The van der Waals surface area contributed by atoms with Crippen LogP contribution in [0.2, 0.25) is 0 Å². The van der Waals surface area contributed by atoms with Gasteiger partial charge in [-0.3, -0.25) is 29.9 Å². The van der Waals surface area contributed by atoms with Gasteiger partial charge in [0.15, 0.2) is 0 Å². The summed E-state index contributed by atoms with van der Waals surface area (Å²) in [5, 5.41) is 18.7. The second-order valence-corrected chi connectivity index (χ2v) is 10.9. The summed E-state index contributed by atoms with van der Waals surface area (Å²) in [6.07, 6.45) is 0.969. The van der Waals surface area contributed by atoms with E-state index in [1.165, 1.54) is 17.0 Å². The van der Waals surface area contributed by atoms with Crippen molar-refractivity contribution < 1.29 is 24.0 Å². The lowest BCUT2D eigenvalue weighted by Crippen LogP contribution is -2.51. The lowest BCUT2D eigenvalue weighted by molar-refractivity contribution is -0.384. The van der Waals surface area contributed by atoms with Gasteiger partial charge in [-0.15, -0.1) is 11.3 Å². The number of nitro groups is 1. The van der Waals surface area contributed by atoms with Crippen LogP contribution < -0.4 is 5.73 Å². The van der Waals surface area contributed by atoms with Gasteiger partial charge in [0.1, 0.15) is 11.9 Å². The van der Waals surface area contributed by atoms with Crippen LogP contribution in [-0.2, 0) is 40.1 Å². The minimum absolute atomic E-state index is 0.0636. The Balaban J connectivity index is 1.57. The van der Waals surface area contributed by atoms with E-state index in [0.29, 0.717) is 42.8 Å². The number of thiophene rings is 1. The highest BCUT2D eigenvalue weighted by molar-refractivity contribution is 7.12. The lowest BCUT2D eigenvalue weighted by atomic mass is 10.0. The second-order valence-electron chi connectivity index (χ2n) is 9.70. The maximum absolute atomic E-state index is 14.0. The molecule has 0 radical (unpaired) electrons. The normalized spacial score (nSPS) is 13.2. The van der Waals surface area contributed by atoms with E-state index in [1.807, 2.05) is 6.07 Å². The summed E-state index contributed by atoms with van der Waals surface area (Å²) in [7, 11) is 1.56. The Morgan fingerprint density at radius 3 is 2.41 bits per heavy atom. The van der Waals surface area contributed by atoms with E-state index in [1.54, 1.807) is 66.6 Å². The first-order chi connectivity index (χ1) is 19.6. The van der Waals surface area contributed by atoms with Crippen molar-refractivity contribution in [1.29, 1.82) is 5.41 Å². The number of nitrogens with two attached hydrogens (primary N) is 1. The summed E-state index contributed by atoms with van der Waals surface area (Å²) >= 11 is 1.55. The first-order valence-electron chi connectivity index (χ1n) is 13.1. The summed E-state index contributed by atoms with van der Waals surface area (Å²) in [6, 6.07) is 13.3. The molecule has 1 aliphatic heterocycles. The van der Waals surface area contributed by atoms with Gasteiger partial charge in [0.25, 0.3) is 11.6 Å². The first kappa shape index (κ1) is 29.4. The smallest absolute Gasteiger partial charge is 0.311 e. The third-order valence-corrected chi connectivity index (χ3v) is 8.18. The molecule has 0 saturated heterocycles. The largest absolute Gasteiger partial charge is 0.466 e. The van der Waals surface area contributed by atoms with E-state index in [4.69, 9.17) is 15.9 Å². The number of carbonyl (C=O) groups is 3. The molecule has 0 aliphatic carbocycles. The molecule has 0 fully saturated rings. The number of hydrogen-bond donors (Lipinski definition) is 2. The van der Waals surface area contributed by atoms with Gasteiger partial charge in [0.2, 0.25) is 5.91 Å². The number of nitrogens with zero attached hydrogens (tertiary/aromatic N) is 3. The third kappa shape index (κ3) is 6.95. The molecular weight excluding hydrogens is 546 g/mol. The predicted octanol–water partition coefficient (Wildman–Crippen LogP) is 3.31. The minimum Gasteiger partial charge on any atom is -0.466 e. The van der Waals surface area contributed by atoms with Crippen LogP contribution in [0, 0.1) is 15.5 Å². The molecule has 12 heteroatoms. The number of esters is 1. The van der Waals surface area contributed by atoms with Gasteiger partial charge >= 0.3 is 5.97 Å². The van der Waals surface area contributed by atoms with Crippen LogP contribution in [0.15, 0.2) is 54.6 Å². The quantitative estimate of drug-likeness (QED) is 0.123. The zero-order valence-corrected chi connectivity index (χ0v) is 23.6. The number of rotatable bonds is 10. The number of carbonyl (C=O) groups excluding carboxylic acids is 3. The summed E-state index contributed by atoms with van der Waals surface area (Å²) in [5.74, 6) is -1.04. The number of fused-ring (bicyclic) bond motifs is 1. The number of nitrogen functional groups attached to an aromatic ring is 1. The summed E-state index contributed by atoms with van der Waals surface area (Å²) in [5.41, 5.74) is 7.92. The highest BCUT2D eigenvalue weighted by Gasteiger charge is 2.33. The Labute approximate surface area is 241 Å². The number of amidine groups is 1. The Bertz CT molecular complexity index is 1470. The van der Waals surface area contributed by atoms with Crippen LogP contribution in [0.5, 0.6) is 0 Å². The number of hydrogen-bond acceptors (Lipinski definition) is 8. The fraction of sp³-hybridized carbons (Fsp3) is 0.310. The second kappa shape index (κ2) is 12.7. The Kier molecular flexibility index (Phi) is 9.13. The molecule has 2 heterocycles. The van der Waals surface area contributed by atoms with Gasteiger partial charge in [-0.2, -0.15) is 0 Å². The molecule has 2 amide bonds.